The van der Waals surface area contributed by atoms with E-state index in [-0.39, 0.29) is 23.1 Å². The van der Waals surface area contributed by atoms with Crippen molar-refractivity contribution in [3.8, 4) is 0 Å². The zero-order valence-electron chi connectivity index (χ0n) is 22.9. The van der Waals surface area contributed by atoms with Crippen LogP contribution >= 0.6 is 0 Å². The lowest BCUT2D eigenvalue weighted by molar-refractivity contribution is -0.137. The van der Waals surface area contributed by atoms with Crippen molar-refractivity contribution in [1.82, 2.24) is 10.2 Å². The molecule has 1 aliphatic heterocycles. The van der Waals surface area contributed by atoms with Gasteiger partial charge in [-0.15, -0.1) is 0 Å². The Hall–Kier alpha value is -1.84. The highest BCUT2D eigenvalue weighted by Gasteiger charge is 2.36. The minimum absolute atomic E-state index is 0.0150. The Morgan fingerprint density at radius 1 is 1.11 bits per heavy atom. The normalized spacial score (nSPS) is 27.5. The molecular formula is C31H50N2O2. The maximum Gasteiger partial charge on any atom is 0.225 e. The van der Waals surface area contributed by atoms with E-state index in [1.54, 1.807) is 7.05 Å². The van der Waals surface area contributed by atoms with Gasteiger partial charge in [0.05, 0.1) is 0 Å². The Bertz CT molecular complexity index is 790. The van der Waals surface area contributed by atoms with Gasteiger partial charge in [0.15, 0.2) is 0 Å². The van der Waals surface area contributed by atoms with Gasteiger partial charge in [0.2, 0.25) is 11.8 Å². The van der Waals surface area contributed by atoms with Gasteiger partial charge in [0.25, 0.3) is 0 Å². The summed E-state index contributed by atoms with van der Waals surface area (Å²) in [4.78, 5) is 27.8. The third kappa shape index (κ3) is 7.57. The standard InChI is InChI=1S/C31H50N2O2/c1-5-24(2)23-31(28-15-7-6-8-16-28)18-10-14-27(22-26-12-9-13-26)25(3)30(35)33(20-11-19-31)21-17-29(34)32-4/h6-8,15-16,24-27H,5,9-14,17-23H2,1-4H3,(H,32,34)/t24?,25?,27?,31-/m0/s1. The van der Waals surface area contributed by atoms with Gasteiger partial charge >= 0.3 is 0 Å². The number of nitrogens with one attached hydrogen (secondary N) is 1. The topological polar surface area (TPSA) is 49.4 Å². The van der Waals surface area contributed by atoms with Crippen LogP contribution in [0, 0.1) is 23.7 Å². The maximum atomic E-state index is 13.7. The van der Waals surface area contributed by atoms with Crippen molar-refractivity contribution in [3.63, 3.8) is 0 Å². The van der Waals surface area contributed by atoms with E-state index < -0.39 is 0 Å². The zero-order chi connectivity index (χ0) is 25.3. The van der Waals surface area contributed by atoms with E-state index in [9.17, 15) is 9.59 Å². The van der Waals surface area contributed by atoms with Gasteiger partial charge in [-0.25, -0.2) is 0 Å². The van der Waals surface area contributed by atoms with Gasteiger partial charge in [-0.05, 0) is 67.3 Å². The van der Waals surface area contributed by atoms with Crippen LogP contribution in [0.1, 0.15) is 103 Å². The van der Waals surface area contributed by atoms with Crippen LogP contribution < -0.4 is 5.32 Å². The molecule has 1 heterocycles. The molecule has 1 saturated heterocycles. The van der Waals surface area contributed by atoms with Crippen molar-refractivity contribution in [2.45, 2.75) is 103 Å². The molecule has 3 rings (SSSR count). The highest BCUT2D eigenvalue weighted by atomic mass is 16.2. The minimum atomic E-state index is 0.0150. The molecule has 4 nitrogen and oxygen atoms in total. The van der Waals surface area contributed by atoms with Gasteiger partial charge in [0.1, 0.15) is 0 Å². The fourth-order valence-corrected chi connectivity index (χ4v) is 6.56. The number of benzene rings is 1. The summed E-state index contributed by atoms with van der Waals surface area (Å²) in [6.07, 6.45) is 13.7. The molecule has 2 fully saturated rings. The Morgan fingerprint density at radius 3 is 2.46 bits per heavy atom. The number of carbonyl (C=O) groups excluding carboxylic acids is 2. The molecular weight excluding hydrogens is 432 g/mol. The Balaban J connectivity index is 1.88. The van der Waals surface area contributed by atoms with Crippen LogP contribution in [0.3, 0.4) is 0 Å². The summed E-state index contributed by atoms with van der Waals surface area (Å²) < 4.78 is 0. The van der Waals surface area contributed by atoms with Gasteiger partial charge in [-0.3, -0.25) is 9.59 Å². The van der Waals surface area contributed by atoms with E-state index >= 15 is 0 Å². The smallest absolute Gasteiger partial charge is 0.225 e. The van der Waals surface area contributed by atoms with Crippen molar-refractivity contribution in [2.24, 2.45) is 23.7 Å². The average molecular weight is 483 g/mol. The summed E-state index contributed by atoms with van der Waals surface area (Å²) in [7, 11) is 1.68. The highest BCUT2D eigenvalue weighted by Crippen LogP contribution is 2.44. The van der Waals surface area contributed by atoms with Gasteiger partial charge in [0, 0.05) is 32.5 Å². The molecule has 2 amide bonds. The number of nitrogens with zero attached hydrogens (tertiary/aromatic N) is 1. The second kappa shape index (κ2) is 13.5. The van der Waals surface area contributed by atoms with Crippen molar-refractivity contribution < 1.29 is 9.59 Å². The first-order valence-electron chi connectivity index (χ1n) is 14.4. The molecule has 1 aromatic rings. The largest absolute Gasteiger partial charge is 0.359 e. The van der Waals surface area contributed by atoms with E-state index in [0.29, 0.717) is 24.8 Å². The highest BCUT2D eigenvalue weighted by molar-refractivity contribution is 5.80. The summed E-state index contributed by atoms with van der Waals surface area (Å²) in [5.74, 6) is 2.26. The number of rotatable bonds is 9. The average Bonchev–Trinajstić information content (AvgIpc) is 2.87. The molecule has 0 aromatic heterocycles. The summed E-state index contributed by atoms with van der Waals surface area (Å²) in [6.45, 7) is 8.16. The second-order valence-corrected chi connectivity index (χ2v) is 11.7. The lowest BCUT2D eigenvalue weighted by atomic mass is 9.67. The first-order chi connectivity index (χ1) is 16.9. The fraction of sp³-hybridized carbons (Fsp3) is 0.742. The molecule has 4 atom stereocenters. The van der Waals surface area contributed by atoms with Crippen LogP contribution in [0.5, 0.6) is 0 Å². The molecule has 3 unspecified atom stereocenters. The van der Waals surface area contributed by atoms with Crippen LogP contribution in [0.4, 0.5) is 0 Å². The van der Waals surface area contributed by atoms with Crippen molar-refractivity contribution in [2.75, 3.05) is 20.1 Å². The molecule has 1 aliphatic carbocycles. The quantitative estimate of drug-likeness (QED) is 0.424. The van der Waals surface area contributed by atoms with Crippen molar-refractivity contribution in [3.05, 3.63) is 35.9 Å². The molecule has 0 spiro atoms. The van der Waals surface area contributed by atoms with E-state index in [0.717, 1.165) is 31.7 Å². The molecule has 4 heteroatoms. The van der Waals surface area contributed by atoms with E-state index in [1.165, 1.54) is 56.9 Å². The third-order valence-electron chi connectivity index (χ3n) is 9.29. The molecule has 0 radical (unpaired) electrons. The number of carbonyl (C=O) groups is 2. The van der Waals surface area contributed by atoms with Crippen LogP contribution in [0.2, 0.25) is 0 Å². The molecule has 1 N–H and O–H groups in total. The van der Waals surface area contributed by atoms with E-state index in [1.807, 2.05) is 4.90 Å². The van der Waals surface area contributed by atoms with Crippen LogP contribution in [-0.4, -0.2) is 36.9 Å². The summed E-state index contributed by atoms with van der Waals surface area (Å²) in [6, 6.07) is 11.2. The number of amides is 2. The monoisotopic (exact) mass is 482 g/mol. The molecule has 2 aliphatic rings. The molecule has 0 bridgehead atoms. The molecule has 35 heavy (non-hydrogen) atoms. The van der Waals surface area contributed by atoms with Crippen molar-refractivity contribution >= 4 is 11.8 Å². The SMILES string of the molecule is CCC(C)C[C@]1(c2ccccc2)CCCC(CC2CCC2)C(C)C(=O)N(CCC(=O)NC)CCC1. The third-order valence-corrected chi connectivity index (χ3v) is 9.29. The maximum absolute atomic E-state index is 13.7. The Labute approximate surface area is 214 Å². The predicted octanol–water partition coefficient (Wildman–Crippen LogP) is 6.73. The summed E-state index contributed by atoms with van der Waals surface area (Å²) in [5, 5.41) is 2.73. The van der Waals surface area contributed by atoms with E-state index in [4.69, 9.17) is 0 Å². The molecule has 1 aromatic carbocycles. The predicted molar refractivity (Wildman–Crippen MR) is 145 cm³/mol. The first-order valence-corrected chi connectivity index (χ1v) is 14.4. The zero-order valence-corrected chi connectivity index (χ0v) is 22.9. The summed E-state index contributed by atoms with van der Waals surface area (Å²) in [5.41, 5.74) is 1.65. The first kappa shape index (κ1) is 27.7. The Morgan fingerprint density at radius 2 is 1.83 bits per heavy atom. The lowest BCUT2D eigenvalue weighted by Crippen LogP contribution is -2.41. The lowest BCUT2D eigenvalue weighted by Gasteiger charge is -2.38. The fourth-order valence-electron chi connectivity index (χ4n) is 6.56. The summed E-state index contributed by atoms with van der Waals surface area (Å²) >= 11 is 0. The van der Waals surface area contributed by atoms with Crippen LogP contribution in [-0.2, 0) is 15.0 Å². The van der Waals surface area contributed by atoms with E-state index in [2.05, 4.69) is 56.4 Å². The Kier molecular flexibility index (Phi) is 10.7. The minimum Gasteiger partial charge on any atom is -0.359 e. The van der Waals surface area contributed by atoms with Gasteiger partial charge < -0.3 is 10.2 Å². The van der Waals surface area contributed by atoms with Gasteiger partial charge in [-0.1, -0.05) is 83.2 Å². The molecule has 196 valence electrons. The van der Waals surface area contributed by atoms with Crippen LogP contribution in [0.25, 0.3) is 0 Å². The van der Waals surface area contributed by atoms with Crippen molar-refractivity contribution in [1.29, 1.82) is 0 Å². The number of hydrogen-bond donors (Lipinski definition) is 1. The molecule has 1 saturated carbocycles. The van der Waals surface area contributed by atoms with Gasteiger partial charge in [-0.2, -0.15) is 0 Å². The number of hydrogen-bond acceptors (Lipinski definition) is 2. The second-order valence-electron chi connectivity index (χ2n) is 11.7. The van der Waals surface area contributed by atoms with Crippen LogP contribution in [0.15, 0.2) is 30.3 Å².